The monoisotopic (exact) mass is 521 g/mol. The van der Waals surface area contributed by atoms with Crippen LogP contribution in [-0.2, 0) is 0 Å². The van der Waals surface area contributed by atoms with E-state index in [1.807, 2.05) is 13.0 Å². The van der Waals surface area contributed by atoms with Crippen molar-refractivity contribution in [2.24, 2.45) is 0 Å². The second-order valence-electron chi connectivity index (χ2n) is 8.53. The van der Waals surface area contributed by atoms with E-state index in [-0.39, 0.29) is 16.8 Å². The molecule has 1 atom stereocenters. The highest BCUT2D eigenvalue weighted by molar-refractivity contribution is 6.32. The Morgan fingerprint density at radius 2 is 1.51 bits per heavy atom. The first-order valence-corrected chi connectivity index (χ1v) is 11.7. The molecule has 0 saturated carbocycles. The summed E-state index contributed by atoms with van der Waals surface area (Å²) in [6, 6.07) is 12.8. The molecule has 1 amide bonds. The number of hydrogen-bond acceptors (Lipinski definition) is 7. The molecule has 8 nitrogen and oxygen atoms in total. The minimum Gasteiger partial charge on any atom is -0.495 e. The smallest absolute Gasteiger partial charge is 0.295 e. The zero-order valence-corrected chi connectivity index (χ0v) is 21.6. The second-order valence-corrected chi connectivity index (χ2v) is 8.94. The largest absolute Gasteiger partial charge is 0.495 e. The van der Waals surface area contributed by atoms with Crippen molar-refractivity contribution in [2.75, 3.05) is 33.3 Å². The molecule has 0 bridgehead atoms. The zero-order chi connectivity index (χ0) is 26.4. The maximum absolute atomic E-state index is 13.9. The Kier molecular flexibility index (Phi) is 6.21. The molecule has 0 N–H and O–H groups in total. The average Bonchev–Trinajstić information content (AvgIpc) is 3.20. The normalized spacial score (nSPS) is 14.6. The Balaban J connectivity index is 1.83. The Morgan fingerprint density at radius 3 is 2.11 bits per heavy atom. The van der Waals surface area contributed by atoms with Crippen LogP contribution in [-0.4, -0.2) is 34.3 Å². The molecule has 0 saturated heterocycles. The summed E-state index contributed by atoms with van der Waals surface area (Å²) in [6.07, 6.45) is 0. The van der Waals surface area contributed by atoms with Gasteiger partial charge in [0.15, 0.2) is 16.9 Å². The summed E-state index contributed by atoms with van der Waals surface area (Å²) in [5.74, 6) is 1.09. The van der Waals surface area contributed by atoms with Crippen molar-refractivity contribution in [3.05, 3.63) is 86.2 Å². The van der Waals surface area contributed by atoms with Gasteiger partial charge in [0.2, 0.25) is 11.5 Å². The number of amides is 1. The molecule has 3 aromatic carbocycles. The van der Waals surface area contributed by atoms with Crippen LogP contribution >= 0.6 is 11.6 Å². The first-order valence-electron chi connectivity index (χ1n) is 11.4. The standard InChI is InChI=1S/C28H24ClNO7/c1-14-6-8-19-17(10-14)25(31)23-24(15-11-21(34-3)26(36-5)22(12-15)35-4)30(28(32)27(23)37-19)16-7-9-20(33-2)18(29)13-16/h6-13,24H,1-5H3. The molecule has 1 aromatic heterocycles. The van der Waals surface area contributed by atoms with Gasteiger partial charge >= 0.3 is 0 Å². The summed E-state index contributed by atoms with van der Waals surface area (Å²) in [5.41, 5.74) is 2.17. The second kappa shape index (κ2) is 9.37. The average molecular weight is 522 g/mol. The number of benzene rings is 3. The Hall–Kier alpha value is -4.17. The summed E-state index contributed by atoms with van der Waals surface area (Å²) in [7, 11) is 6.01. The van der Waals surface area contributed by atoms with E-state index in [1.54, 1.807) is 42.5 Å². The molecule has 190 valence electrons. The molecule has 9 heteroatoms. The summed E-state index contributed by atoms with van der Waals surface area (Å²) in [4.78, 5) is 29.3. The third kappa shape index (κ3) is 3.84. The molecule has 1 aliphatic rings. The molecule has 0 radical (unpaired) electrons. The minimum atomic E-state index is -0.859. The highest BCUT2D eigenvalue weighted by Crippen LogP contribution is 2.47. The molecule has 1 aliphatic heterocycles. The lowest BCUT2D eigenvalue weighted by atomic mass is 9.97. The summed E-state index contributed by atoms with van der Waals surface area (Å²) in [6.45, 7) is 1.89. The highest BCUT2D eigenvalue weighted by atomic mass is 35.5. The predicted molar refractivity (Wildman–Crippen MR) is 140 cm³/mol. The van der Waals surface area contributed by atoms with Gasteiger partial charge in [0.25, 0.3) is 5.91 Å². The number of hydrogen-bond donors (Lipinski definition) is 0. The van der Waals surface area contributed by atoms with E-state index in [0.717, 1.165) is 5.56 Å². The van der Waals surface area contributed by atoms with E-state index in [9.17, 15) is 9.59 Å². The van der Waals surface area contributed by atoms with Gasteiger partial charge in [-0.05, 0) is 55.0 Å². The molecule has 2 heterocycles. The van der Waals surface area contributed by atoms with Crippen molar-refractivity contribution in [1.29, 1.82) is 0 Å². The van der Waals surface area contributed by atoms with E-state index in [0.29, 0.717) is 50.2 Å². The number of carbonyl (C=O) groups excluding carboxylic acids is 1. The number of carbonyl (C=O) groups is 1. The van der Waals surface area contributed by atoms with Gasteiger partial charge in [0, 0.05) is 5.69 Å². The van der Waals surface area contributed by atoms with Crippen molar-refractivity contribution in [2.45, 2.75) is 13.0 Å². The van der Waals surface area contributed by atoms with Crippen LogP contribution in [0.1, 0.15) is 33.3 Å². The lowest BCUT2D eigenvalue weighted by Gasteiger charge is -2.26. The van der Waals surface area contributed by atoms with Crippen molar-refractivity contribution in [1.82, 2.24) is 0 Å². The van der Waals surface area contributed by atoms with Gasteiger partial charge in [-0.15, -0.1) is 0 Å². The Morgan fingerprint density at radius 1 is 0.838 bits per heavy atom. The molecule has 0 aliphatic carbocycles. The van der Waals surface area contributed by atoms with Crippen molar-refractivity contribution in [3.8, 4) is 23.0 Å². The van der Waals surface area contributed by atoms with Crippen molar-refractivity contribution < 1.29 is 28.2 Å². The molecule has 5 rings (SSSR count). The minimum absolute atomic E-state index is 0.0351. The summed E-state index contributed by atoms with van der Waals surface area (Å²) >= 11 is 6.42. The van der Waals surface area contributed by atoms with Crippen molar-refractivity contribution in [3.63, 3.8) is 0 Å². The number of halogens is 1. The van der Waals surface area contributed by atoms with Gasteiger partial charge in [-0.25, -0.2) is 0 Å². The zero-order valence-electron chi connectivity index (χ0n) is 20.9. The SMILES string of the molecule is COc1ccc(N2C(=O)c3oc4ccc(C)cc4c(=O)c3C2c2cc(OC)c(OC)c(OC)c2)cc1Cl. The number of aryl methyl sites for hydroxylation is 1. The fraction of sp³-hybridized carbons (Fsp3) is 0.214. The molecule has 37 heavy (non-hydrogen) atoms. The van der Waals surface area contributed by atoms with Gasteiger partial charge in [-0.1, -0.05) is 23.2 Å². The number of methoxy groups -OCH3 is 4. The summed E-state index contributed by atoms with van der Waals surface area (Å²) < 4.78 is 27.9. The first-order chi connectivity index (χ1) is 17.8. The number of fused-ring (bicyclic) bond motifs is 2. The lowest BCUT2D eigenvalue weighted by molar-refractivity contribution is 0.0971. The number of rotatable bonds is 6. The molecule has 0 spiro atoms. The van der Waals surface area contributed by atoms with Gasteiger partial charge in [-0.2, -0.15) is 0 Å². The van der Waals surface area contributed by atoms with E-state index >= 15 is 0 Å². The van der Waals surface area contributed by atoms with Crippen LogP contribution < -0.4 is 29.3 Å². The maximum atomic E-state index is 13.9. The first kappa shape index (κ1) is 24.5. The predicted octanol–water partition coefficient (Wildman–Crippen LogP) is 5.54. The molecule has 1 unspecified atom stereocenters. The fourth-order valence-electron chi connectivity index (χ4n) is 4.73. The Labute approximate surface area is 217 Å². The van der Waals surface area contributed by atoms with Crippen molar-refractivity contribution >= 4 is 34.2 Å². The van der Waals surface area contributed by atoms with E-state index < -0.39 is 11.9 Å². The Bertz CT molecular complexity index is 1590. The van der Waals surface area contributed by atoms with E-state index in [4.69, 9.17) is 35.0 Å². The van der Waals surface area contributed by atoms with Gasteiger partial charge in [0.1, 0.15) is 11.3 Å². The van der Waals surface area contributed by atoms with Crippen LogP contribution in [0, 0.1) is 6.92 Å². The van der Waals surface area contributed by atoms with Gasteiger partial charge < -0.3 is 23.4 Å². The molecular formula is C28H24ClNO7. The van der Waals surface area contributed by atoms with E-state index in [2.05, 4.69) is 0 Å². The molecule has 4 aromatic rings. The van der Waals surface area contributed by atoms with Crippen LogP contribution in [0.25, 0.3) is 11.0 Å². The number of nitrogens with zero attached hydrogens (tertiary/aromatic N) is 1. The quantitative estimate of drug-likeness (QED) is 0.329. The van der Waals surface area contributed by atoms with Crippen LogP contribution in [0.5, 0.6) is 23.0 Å². The third-order valence-electron chi connectivity index (χ3n) is 6.44. The van der Waals surface area contributed by atoms with Crippen LogP contribution in [0.15, 0.2) is 57.7 Å². The van der Waals surface area contributed by atoms with Crippen LogP contribution in [0.3, 0.4) is 0 Å². The third-order valence-corrected chi connectivity index (χ3v) is 6.74. The van der Waals surface area contributed by atoms with Gasteiger partial charge in [0.05, 0.1) is 50.5 Å². The maximum Gasteiger partial charge on any atom is 0.295 e. The van der Waals surface area contributed by atoms with Crippen LogP contribution in [0.2, 0.25) is 5.02 Å². The van der Waals surface area contributed by atoms with Crippen LogP contribution in [0.4, 0.5) is 5.69 Å². The molecule has 0 fully saturated rings. The summed E-state index contributed by atoms with van der Waals surface area (Å²) in [5, 5.41) is 0.700. The van der Waals surface area contributed by atoms with Gasteiger partial charge in [-0.3, -0.25) is 14.5 Å². The number of ether oxygens (including phenoxy) is 4. The molecular weight excluding hydrogens is 498 g/mol. The number of anilines is 1. The van der Waals surface area contributed by atoms with E-state index in [1.165, 1.54) is 33.3 Å². The highest BCUT2D eigenvalue weighted by Gasteiger charge is 2.44. The fourth-order valence-corrected chi connectivity index (χ4v) is 4.98. The lowest BCUT2D eigenvalue weighted by Crippen LogP contribution is -2.29. The topological polar surface area (TPSA) is 87.4 Å².